The van der Waals surface area contributed by atoms with Gasteiger partial charge in [-0.25, -0.2) is 4.98 Å². The average molecular weight is 355 g/mol. The summed E-state index contributed by atoms with van der Waals surface area (Å²) < 4.78 is 1.59. The molecule has 1 heterocycles. The molecule has 3 aromatic carbocycles. The van der Waals surface area contributed by atoms with E-state index in [2.05, 4.69) is 10.3 Å². The second-order valence-electron chi connectivity index (χ2n) is 6.15. The highest BCUT2D eigenvalue weighted by atomic mass is 16.2. The number of fused-ring (bicyclic) bond motifs is 1. The van der Waals surface area contributed by atoms with Gasteiger partial charge in [0.05, 0.1) is 17.6 Å². The Morgan fingerprint density at radius 2 is 1.48 bits per heavy atom. The molecule has 1 aromatic heterocycles. The molecule has 4 aromatic rings. The molecule has 132 valence electrons. The van der Waals surface area contributed by atoms with Crippen LogP contribution in [0.2, 0.25) is 0 Å². The van der Waals surface area contributed by atoms with Crippen LogP contribution in [-0.2, 0) is 6.54 Å². The van der Waals surface area contributed by atoms with Crippen molar-refractivity contribution in [3.05, 3.63) is 107 Å². The molecule has 5 nitrogen and oxygen atoms in total. The molecule has 0 atom stereocenters. The molecular formula is C22H17N3O2. The first-order valence-electron chi connectivity index (χ1n) is 8.62. The van der Waals surface area contributed by atoms with Gasteiger partial charge < -0.3 is 9.88 Å². The maximum atomic E-state index is 13.1. The lowest BCUT2D eigenvalue weighted by molar-refractivity contribution is 0.102. The van der Waals surface area contributed by atoms with Gasteiger partial charge in [-0.2, -0.15) is 0 Å². The average Bonchev–Trinajstić information content (AvgIpc) is 2.71. The number of hydrogen-bond donors (Lipinski definition) is 1. The van der Waals surface area contributed by atoms with Crippen molar-refractivity contribution in [2.24, 2.45) is 0 Å². The zero-order valence-corrected chi connectivity index (χ0v) is 14.5. The van der Waals surface area contributed by atoms with Gasteiger partial charge >= 0.3 is 0 Å². The minimum absolute atomic E-state index is 0.117. The van der Waals surface area contributed by atoms with Crippen molar-refractivity contribution in [3.8, 4) is 0 Å². The number of carbonyl (C=O) groups is 1. The summed E-state index contributed by atoms with van der Waals surface area (Å²) in [5, 5.41) is 2.74. The molecule has 0 saturated carbocycles. The van der Waals surface area contributed by atoms with Gasteiger partial charge in [-0.05, 0) is 29.8 Å². The first kappa shape index (κ1) is 16.7. The molecule has 0 saturated heterocycles. The Labute approximate surface area is 155 Å². The van der Waals surface area contributed by atoms with Crippen LogP contribution in [-0.4, -0.2) is 15.5 Å². The van der Waals surface area contributed by atoms with Crippen LogP contribution in [0.15, 0.2) is 89.7 Å². The van der Waals surface area contributed by atoms with Gasteiger partial charge in [0.2, 0.25) is 0 Å². The molecule has 0 aliphatic heterocycles. The van der Waals surface area contributed by atoms with E-state index in [4.69, 9.17) is 0 Å². The summed E-state index contributed by atoms with van der Waals surface area (Å²) in [6, 6.07) is 26.0. The molecule has 0 aliphatic carbocycles. The van der Waals surface area contributed by atoms with Crippen molar-refractivity contribution in [2.45, 2.75) is 6.54 Å². The van der Waals surface area contributed by atoms with Crippen LogP contribution in [0.3, 0.4) is 0 Å². The smallest absolute Gasteiger partial charge is 0.283 e. The fourth-order valence-corrected chi connectivity index (χ4v) is 2.98. The van der Waals surface area contributed by atoms with E-state index in [0.717, 1.165) is 5.56 Å². The second-order valence-corrected chi connectivity index (χ2v) is 6.15. The van der Waals surface area contributed by atoms with E-state index in [1.54, 1.807) is 22.8 Å². The summed E-state index contributed by atoms with van der Waals surface area (Å²) in [6.45, 7) is 0.369. The van der Waals surface area contributed by atoms with Crippen molar-refractivity contribution < 1.29 is 4.79 Å². The first-order chi connectivity index (χ1) is 13.2. The zero-order valence-electron chi connectivity index (χ0n) is 14.5. The van der Waals surface area contributed by atoms with Crippen LogP contribution in [0, 0.1) is 0 Å². The quantitative estimate of drug-likeness (QED) is 0.607. The minimum Gasteiger partial charge on any atom is -0.320 e. The van der Waals surface area contributed by atoms with Gasteiger partial charge in [0, 0.05) is 5.69 Å². The minimum atomic E-state index is -0.515. The van der Waals surface area contributed by atoms with Gasteiger partial charge in [-0.1, -0.05) is 60.7 Å². The lowest BCUT2D eigenvalue weighted by atomic mass is 10.2. The maximum Gasteiger partial charge on any atom is 0.283 e. The third-order valence-electron chi connectivity index (χ3n) is 4.28. The molecule has 0 bridgehead atoms. The van der Waals surface area contributed by atoms with E-state index >= 15 is 0 Å². The normalized spacial score (nSPS) is 10.7. The predicted octanol–water partition coefficient (Wildman–Crippen LogP) is 3.70. The Kier molecular flexibility index (Phi) is 4.49. The van der Waals surface area contributed by atoms with Crippen molar-refractivity contribution in [1.29, 1.82) is 0 Å². The molecule has 5 heteroatoms. The number of carbonyl (C=O) groups excluding carboxylic acids is 1. The van der Waals surface area contributed by atoms with Gasteiger partial charge in [0.1, 0.15) is 0 Å². The summed E-state index contributed by atoms with van der Waals surface area (Å²) in [7, 11) is 0. The number of para-hydroxylation sites is 3. The van der Waals surface area contributed by atoms with E-state index in [-0.39, 0.29) is 5.69 Å². The Balaban J connectivity index is 1.81. The van der Waals surface area contributed by atoms with E-state index in [1.807, 2.05) is 66.7 Å². The fraction of sp³-hybridized carbons (Fsp3) is 0.0455. The van der Waals surface area contributed by atoms with Crippen molar-refractivity contribution in [1.82, 2.24) is 9.55 Å². The van der Waals surface area contributed by atoms with Crippen molar-refractivity contribution in [3.63, 3.8) is 0 Å². The second kappa shape index (κ2) is 7.25. The standard InChI is InChI=1S/C22H17N3O2/c26-21(23-17-11-5-2-6-12-17)20-22(27)25(15-16-9-3-1-4-10-16)19-14-8-7-13-18(19)24-20/h1-14H,15H2,(H,23,26). The molecule has 0 aliphatic rings. The highest BCUT2D eigenvalue weighted by Gasteiger charge is 2.18. The van der Waals surface area contributed by atoms with Crippen LogP contribution in [0.4, 0.5) is 5.69 Å². The molecule has 4 rings (SSSR count). The Bertz CT molecular complexity index is 1150. The van der Waals surface area contributed by atoms with Crippen LogP contribution in [0.25, 0.3) is 11.0 Å². The first-order valence-corrected chi connectivity index (χ1v) is 8.62. The molecule has 0 spiro atoms. The lowest BCUT2D eigenvalue weighted by Gasteiger charge is -2.12. The SMILES string of the molecule is O=C(Nc1ccccc1)c1nc2ccccc2n(Cc2ccccc2)c1=O. The van der Waals surface area contributed by atoms with E-state index in [9.17, 15) is 9.59 Å². The van der Waals surface area contributed by atoms with E-state index < -0.39 is 11.5 Å². The Morgan fingerprint density at radius 3 is 2.22 bits per heavy atom. The molecule has 0 fully saturated rings. The van der Waals surface area contributed by atoms with Gasteiger partial charge in [-0.3, -0.25) is 9.59 Å². The summed E-state index contributed by atoms with van der Waals surface area (Å²) in [4.78, 5) is 30.1. The highest BCUT2D eigenvalue weighted by molar-refractivity contribution is 6.03. The van der Waals surface area contributed by atoms with Crippen LogP contribution < -0.4 is 10.9 Å². The molecule has 1 N–H and O–H groups in total. The number of rotatable bonds is 4. The number of anilines is 1. The molecule has 27 heavy (non-hydrogen) atoms. The Hall–Kier alpha value is -3.73. The van der Waals surface area contributed by atoms with E-state index in [0.29, 0.717) is 23.3 Å². The lowest BCUT2D eigenvalue weighted by Crippen LogP contribution is -2.31. The summed E-state index contributed by atoms with van der Waals surface area (Å²) in [5.41, 5.74) is 2.37. The third-order valence-corrected chi connectivity index (χ3v) is 4.28. The monoisotopic (exact) mass is 355 g/mol. The van der Waals surface area contributed by atoms with Gasteiger partial charge in [-0.15, -0.1) is 0 Å². The van der Waals surface area contributed by atoms with Gasteiger partial charge in [0.25, 0.3) is 11.5 Å². The van der Waals surface area contributed by atoms with Crippen molar-refractivity contribution in [2.75, 3.05) is 5.32 Å². The number of nitrogens with one attached hydrogen (secondary N) is 1. The fourth-order valence-electron chi connectivity index (χ4n) is 2.98. The van der Waals surface area contributed by atoms with Crippen LogP contribution in [0.5, 0.6) is 0 Å². The predicted molar refractivity (Wildman–Crippen MR) is 106 cm³/mol. The third kappa shape index (κ3) is 3.48. The number of amides is 1. The summed E-state index contributed by atoms with van der Waals surface area (Å²) in [6.07, 6.45) is 0. The largest absolute Gasteiger partial charge is 0.320 e. The molecular weight excluding hydrogens is 338 g/mol. The van der Waals surface area contributed by atoms with Crippen LogP contribution >= 0.6 is 0 Å². The number of benzene rings is 3. The summed E-state index contributed by atoms with van der Waals surface area (Å²) in [5.74, 6) is -0.515. The van der Waals surface area contributed by atoms with Gasteiger partial charge in [0.15, 0.2) is 5.69 Å². The molecule has 0 radical (unpaired) electrons. The maximum absolute atomic E-state index is 13.1. The molecule has 1 amide bonds. The highest BCUT2D eigenvalue weighted by Crippen LogP contribution is 2.13. The van der Waals surface area contributed by atoms with Crippen molar-refractivity contribution >= 4 is 22.6 Å². The Morgan fingerprint density at radius 1 is 0.852 bits per heavy atom. The van der Waals surface area contributed by atoms with E-state index in [1.165, 1.54) is 0 Å². The molecule has 0 unspecified atom stereocenters. The number of nitrogens with zero attached hydrogens (tertiary/aromatic N) is 2. The zero-order chi connectivity index (χ0) is 18.6. The number of aromatic nitrogens is 2. The number of hydrogen-bond acceptors (Lipinski definition) is 3. The van der Waals surface area contributed by atoms with Crippen LogP contribution in [0.1, 0.15) is 16.1 Å². The summed E-state index contributed by atoms with van der Waals surface area (Å²) >= 11 is 0. The topological polar surface area (TPSA) is 64.0 Å².